The molecule has 1 amide bonds. The quantitative estimate of drug-likeness (QED) is 0.277. The van der Waals surface area contributed by atoms with Crippen LogP contribution >= 0.6 is 24.0 Å². The van der Waals surface area contributed by atoms with Crippen LogP contribution in [0.2, 0.25) is 0 Å². The number of benzene rings is 3. The molecule has 4 aromatic rings. The predicted molar refractivity (Wildman–Crippen MR) is 136 cm³/mol. The Labute approximate surface area is 205 Å². The van der Waals surface area contributed by atoms with E-state index in [9.17, 15) is 9.18 Å². The van der Waals surface area contributed by atoms with Gasteiger partial charge in [0, 0.05) is 17.3 Å². The minimum Gasteiger partial charge on any atom is -0.489 e. The fourth-order valence-corrected chi connectivity index (χ4v) is 4.51. The molecule has 1 saturated heterocycles. The first-order valence-corrected chi connectivity index (χ1v) is 11.7. The van der Waals surface area contributed by atoms with Gasteiger partial charge in [0.05, 0.1) is 10.6 Å². The molecule has 0 radical (unpaired) electrons. The molecule has 0 bridgehead atoms. The van der Waals surface area contributed by atoms with Crippen molar-refractivity contribution < 1.29 is 13.9 Å². The Morgan fingerprint density at radius 1 is 1.06 bits per heavy atom. The van der Waals surface area contributed by atoms with Gasteiger partial charge in [-0.25, -0.2) is 9.07 Å². The third-order valence-corrected chi connectivity index (χ3v) is 6.28. The zero-order valence-corrected chi connectivity index (χ0v) is 19.4. The number of hydrogen-bond acceptors (Lipinski definition) is 5. The molecule has 5 nitrogen and oxygen atoms in total. The minimum absolute atomic E-state index is 0.218. The molecule has 1 aromatic heterocycles. The second kappa shape index (κ2) is 9.62. The summed E-state index contributed by atoms with van der Waals surface area (Å²) >= 11 is 6.35. The van der Waals surface area contributed by atoms with Crippen LogP contribution in [-0.2, 0) is 11.4 Å². The number of nitrogens with one attached hydrogen (secondary N) is 1. The Kier molecular flexibility index (Phi) is 6.24. The Bertz CT molecular complexity index is 1400. The maximum absolute atomic E-state index is 13.2. The number of nitrogens with zero attached hydrogens (tertiary/aromatic N) is 2. The lowest BCUT2D eigenvalue weighted by atomic mass is 10.1. The van der Waals surface area contributed by atoms with Gasteiger partial charge in [0.25, 0.3) is 5.91 Å². The summed E-state index contributed by atoms with van der Waals surface area (Å²) < 4.78 is 21.3. The summed E-state index contributed by atoms with van der Waals surface area (Å²) in [6.45, 7) is 0.313. The zero-order chi connectivity index (χ0) is 23.5. The lowest BCUT2D eigenvalue weighted by molar-refractivity contribution is -0.115. The van der Waals surface area contributed by atoms with Crippen molar-refractivity contribution in [3.8, 4) is 22.7 Å². The highest BCUT2D eigenvalue weighted by atomic mass is 32.2. The van der Waals surface area contributed by atoms with E-state index in [-0.39, 0.29) is 11.7 Å². The molecule has 0 saturated carbocycles. The van der Waals surface area contributed by atoms with Crippen LogP contribution < -0.4 is 10.1 Å². The van der Waals surface area contributed by atoms with E-state index in [1.165, 1.54) is 23.9 Å². The molecular formula is C26H18FN3O2S2. The minimum atomic E-state index is -0.281. The first-order chi connectivity index (χ1) is 16.5. The van der Waals surface area contributed by atoms with E-state index in [0.717, 1.165) is 22.4 Å². The second-order valence-corrected chi connectivity index (χ2v) is 9.23. The number of thiocarbonyl (C=S) groups is 1. The number of halogens is 1. The summed E-state index contributed by atoms with van der Waals surface area (Å²) in [6.07, 6.45) is 3.69. The van der Waals surface area contributed by atoms with Gasteiger partial charge < -0.3 is 10.1 Å². The van der Waals surface area contributed by atoms with Crippen molar-refractivity contribution in [3.05, 3.63) is 107 Å². The molecule has 1 aliphatic rings. The number of aromatic nitrogens is 2. The highest BCUT2D eigenvalue weighted by Gasteiger charge is 2.23. The topological polar surface area (TPSA) is 56.2 Å². The maximum Gasteiger partial charge on any atom is 0.263 e. The molecule has 0 spiro atoms. The third kappa shape index (κ3) is 4.93. The SMILES string of the molecule is O=C1NC(=S)SC1=Cc1cn(-c2ccccc2)nc1-c1cccc(OCc2ccc(F)cc2)c1. The number of carbonyl (C=O) groups excluding carboxylic acids is 1. The summed E-state index contributed by atoms with van der Waals surface area (Å²) in [6, 6.07) is 23.5. The fraction of sp³-hybridized carbons (Fsp3) is 0.0385. The maximum atomic E-state index is 13.2. The standard InChI is InChI=1S/C26H18FN3O2S2/c27-20-11-9-17(10-12-20)16-32-22-8-4-5-18(13-22)24-19(14-23-25(31)28-26(33)34-23)15-30(29-24)21-6-2-1-3-7-21/h1-15H,16H2,(H,28,31,33). The highest BCUT2D eigenvalue weighted by Crippen LogP contribution is 2.32. The number of ether oxygens (including phenoxy) is 1. The van der Waals surface area contributed by atoms with E-state index >= 15 is 0 Å². The van der Waals surface area contributed by atoms with E-state index in [1.807, 2.05) is 60.8 Å². The van der Waals surface area contributed by atoms with Gasteiger partial charge in [0.2, 0.25) is 0 Å². The zero-order valence-electron chi connectivity index (χ0n) is 17.8. The normalized spacial score (nSPS) is 14.4. The van der Waals surface area contributed by atoms with Crippen LogP contribution in [0, 0.1) is 5.82 Å². The average molecular weight is 488 g/mol. The lowest BCUT2D eigenvalue weighted by Crippen LogP contribution is -2.17. The second-order valence-electron chi connectivity index (χ2n) is 7.51. The Morgan fingerprint density at radius 2 is 1.85 bits per heavy atom. The number of para-hydroxylation sites is 1. The van der Waals surface area contributed by atoms with Gasteiger partial charge in [-0.05, 0) is 48.0 Å². The average Bonchev–Trinajstić information content (AvgIpc) is 3.42. The smallest absolute Gasteiger partial charge is 0.263 e. The molecule has 3 aromatic carbocycles. The number of thioether (sulfide) groups is 1. The summed E-state index contributed by atoms with van der Waals surface area (Å²) in [7, 11) is 0. The van der Waals surface area contributed by atoms with Crippen molar-refractivity contribution in [1.82, 2.24) is 15.1 Å². The van der Waals surface area contributed by atoms with Crippen molar-refractivity contribution in [2.75, 3.05) is 0 Å². The number of rotatable bonds is 6. The molecule has 168 valence electrons. The summed E-state index contributed by atoms with van der Waals surface area (Å²) in [4.78, 5) is 12.8. The molecule has 0 atom stereocenters. The van der Waals surface area contributed by atoms with Gasteiger partial charge in [-0.3, -0.25) is 4.79 Å². The molecule has 8 heteroatoms. The summed E-state index contributed by atoms with van der Waals surface area (Å²) in [5, 5.41) is 7.45. The Hall–Kier alpha value is -3.75. The summed E-state index contributed by atoms with van der Waals surface area (Å²) in [5.74, 6) is 0.157. The molecule has 0 aliphatic carbocycles. The van der Waals surface area contributed by atoms with Gasteiger partial charge in [-0.1, -0.05) is 66.4 Å². The first kappa shape index (κ1) is 22.1. The number of hydrogen-bond donors (Lipinski definition) is 1. The summed E-state index contributed by atoms with van der Waals surface area (Å²) in [5.41, 5.74) is 4.09. The van der Waals surface area contributed by atoms with Gasteiger partial charge in [-0.15, -0.1) is 0 Å². The molecule has 2 heterocycles. The van der Waals surface area contributed by atoms with Crippen molar-refractivity contribution >= 4 is 40.3 Å². The lowest BCUT2D eigenvalue weighted by Gasteiger charge is -2.08. The molecule has 5 rings (SSSR count). The van der Waals surface area contributed by atoms with Crippen molar-refractivity contribution in [3.63, 3.8) is 0 Å². The number of amides is 1. The van der Waals surface area contributed by atoms with E-state index < -0.39 is 0 Å². The molecule has 1 N–H and O–H groups in total. The van der Waals surface area contributed by atoms with Crippen molar-refractivity contribution in [2.24, 2.45) is 0 Å². The predicted octanol–water partition coefficient (Wildman–Crippen LogP) is 5.75. The molecule has 1 aliphatic heterocycles. The third-order valence-electron chi connectivity index (χ3n) is 5.12. The van der Waals surface area contributed by atoms with Crippen LogP contribution in [0.5, 0.6) is 5.75 Å². The van der Waals surface area contributed by atoms with E-state index in [4.69, 9.17) is 22.1 Å². The van der Waals surface area contributed by atoms with Crippen molar-refractivity contribution in [1.29, 1.82) is 0 Å². The van der Waals surface area contributed by atoms with Crippen LogP contribution in [0.1, 0.15) is 11.1 Å². The Balaban J connectivity index is 1.49. The molecule has 34 heavy (non-hydrogen) atoms. The van der Waals surface area contributed by atoms with Gasteiger partial charge in [0.1, 0.15) is 28.2 Å². The molecule has 0 unspecified atom stereocenters. The monoisotopic (exact) mass is 487 g/mol. The van der Waals surface area contributed by atoms with Crippen LogP contribution in [0.3, 0.4) is 0 Å². The van der Waals surface area contributed by atoms with E-state index in [2.05, 4.69) is 5.32 Å². The number of carbonyl (C=O) groups is 1. The van der Waals surface area contributed by atoms with Crippen LogP contribution in [0.4, 0.5) is 4.39 Å². The van der Waals surface area contributed by atoms with Gasteiger partial charge in [-0.2, -0.15) is 5.10 Å². The molecular weight excluding hydrogens is 469 g/mol. The Morgan fingerprint density at radius 3 is 2.59 bits per heavy atom. The van der Waals surface area contributed by atoms with E-state index in [1.54, 1.807) is 22.9 Å². The largest absolute Gasteiger partial charge is 0.489 e. The van der Waals surface area contributed by atoms with Crippen molar-refractivity contribution in [2.45, 2.75) is 6.61 Å². The molecule has 1 fully saturated rings. The van der Waals surface area contributed by atoms with Crippen LogP contribution in [-0.4, -0.2) is 20.0 Å². The fourth-order valence-electron chi connectivity index (χ4n) is 3.47. The van der Waals surface area contributed by atoms with E-state index in [0.29, 0.717) is 27.3 Å². The van der Waals surface area contributed by atoms with Gasteiger partial charge in [0.15, 0.2) is 0 Å². The highest BCUT2D eigenvalue weighted by molar-refractivity contribution is 8.26. The van der Waals surface area contributed by atoms with Crippen LogP contribution in [0.25, 0.3) is 23.0 Å². The van der Waals surface area contributed by atoms with Crippen LogP contribution in [0.15, 0.2) is 90.0 Å². The van der Waals surface area contributed by atoms with Gasteiger partial charge >= 0.3 is 0 Å². The first-order valence-electron chi connectivity index (χ1n) is 10.4.